The number of carboxylic acid groups (broad SMARTS) is 2. The summed E-state index contributed by atoms with van der Waals surface area (Å²) in [4.78, 5) is 64.0. The molecule has 5 atom stereocenters. The van der Waals surface area contributed by atoms with Gasteiger partial charge in [0, 0.05) is 6.54 Å². The van der Waals surface area contributed by atoms with Crippen LogP contribution in [0.3, 0.4) is 0 Å². The summed E-state index contributed by atoms with van der Waals surface area (Å²) in [6.07, 6.45) is -1.71. The fourth-order valence-electron chi connectivity index (χ4n) is 2.93. The number of aliphatic hydroxyl groups excluding tert-OH is 1. The van der Waals surface area contributed by atoms with Gasteiger partial charge in [0.2, 0.25) is 17.7 Å². The van der Waals surface area contributed by atoms with Gasteiger partial charge in [0.25, 0.3) is 0 Å². The summed E-state index contributed by atoms with van der Waals surface area (Å²) in [6, 6.07) is -5.61. The van der Waals surface area contributed by atoms with Crippen molar-refractivity contribution < 1.29 is 39.3 Å². The Kier molecular flexibility index (Phi) is 13.9. The molecule has 35 heavy (non-hydrogen) atoms. The van der Waals surface area contributed by atoms with Crippen molar-refractivity contribution in [3.05, 3.63) is 0 Å². The number of aliphatic carboxylic acids is 2. The molecule has 0 radical (unpaired) electrons. The molecule has 0 saturated carbocycles. The summed E-state index contributed by atoms with van der Waals surface area (Å²) in [6.45, 7) is 4.90. The molecule has 0 aromatic heterocycles. The van der Waals surface area contributed by atoms with E-state index >= 15 is 0 Å². The van der Waals surface area contributed by atoms with Crippen LogP contribution in [0.1, 0.15) is 46.5 Å². The highest BCUT2D eigenvalue weighted by Crippen LogP contribution is 2.07. The van der Waals surface area contributed by atoms with E-state index in [-0.39, 0.29) is 31.3 Å². The molecule has 200 valence electrons. The van der Waals surface area contributed by atoms with Gasteiger partial charge in [-0.2, -0.15) is 0 Å². The van der Waals surface area contributed by atoms with E-state index in [9.17, 15) is 34.2 Å². The third-order valence-corrected chi connectivity index (χ3v) is 4.70. The van der Waals surface area contributed by atoms with Crippen molar-refractivity contribution in [2.24, 2.45) is 28.1 Å². The number of nitrogens with zero attached hydrogens (tertiary/aromatic N) is 1. The molecule has 0 aliphatic heterocycles. The van der Waals surface area contributed by atoms with E-state index < -0.39 is 66.4 Å². The molecule has 15 nitrogen and oxygen atoms in total. The second-order valence-electron chi connectivity index (χ2n) is 8.47. The largest absolute Gasteiger partial charge is 0.481 e. The lowest BCUT2D eigenvalue weighted by Crippen LogP contribution is -2.60. The molecule has 3 amide bonds. The molecule has 0 aliphatic rings. The first kappa shape index (κ1) is 31.5. The van der Waals surface area contributed by atoms with E-state index in [0.717, 1.165) is 0 Å². The molecule has 5 unspecified atom stereocenters. The number of hydrogen-bond acceptors (Lipinski definition) is 8. The van der Waals surface area contributed by atoms with Gasteiger partial charge in [0.05, 0.1) is 18.6 Å². The van der Waals surface area contributed by atoms with Gasteiger partial charge >= 0.3 is 11.9 Å². The van der Waals surface area contributed by atoms with E-state index in [2.05, 4.69) is 20.9 Å². The van der Waals surface area contributed by atoms with Crippen molar-refractivity contribution in [2.75, 3.05) is 6.54 Å². The lowest BCUT2D eigenvalue weighted by molar-refractivity contribution is -0.144. The highest BCUT2D eigenvalue weighted by molar-refractivity contribution is 5.95. The number of nitrogens with two attached hydrogens (primary N) is 3. The number of aliphatic hydroxyl groups is 1. The van der Waals surface area contributed by atoms with Crippen molar-refractivity contribution in [1.82, 2.24) is 16.0 Å². The number of rotatable bonds is 16. The third-order valence-electron chi connectivity index (χ3n) is 4.70. The summed E-state index contributed by atoms with van der Waals surface area (Å²) in [5.74, 6) is -5.86. The van der Waals surface area contributed by atoms with Crippen LogP contribution < -0.4 is 33.2 Å². The molecule has 0 fully saturated rings. The Morgan fingerprint density at radius 1 is 0.886 bits per heavy atom. The molecule has 0 bridgehead atoms. The second kappa shape index (κ2) is 15.4. The van der Waals surface area contributed by atoms with Gasteiger partial charge < -0.3 is 48.5 Å². The summed E-state index contributed by atoms with van der Waals surface area (Å²) in [7, 11) is 0. The summed E-state index contributed by atoms with van der Waals surface area (Å²) < 4.78 is 0. The molecular weight excluding hydrogens is 466 g/mol. The maximum Gasteiger partial charge on any atom is 0.326 e. The molecule has 0 aromatic carbocycles. The van der Waals surface area contributed by atoms with E-state index in [1.54, 1.807) is 13.8 Å². The van der Waals surface area contributed by atoms with E-state index in [1.165, 1.54) is 6.92 Å². The van der Waals surface area contributed by atoms with Crippen LogP contribution in [0, 0.1) is 5.92 Å². The van der Waals surface area contributed by atoms with E-state index in [0.29, 0.717) is 6.42 Å². The number of guanidine groups is 1. The zero-order valence-corrected chi connectivity index (χ0v) is 20.1. The van der Waals surface area contributed by atoms with Crippen molar-refractivity contribution in [2.45, 2.75) is 76.7 Å². The Morgan fingerprint density at radius 3 is 1.91 bits per heavy atom. The molecule has 12 N–H and O–H groups in total. The Bertz CT molecular complexity index is 783. The molecule has 0 rings (SSSR count). The highest BCUT2D eigenvalue weighted by Gasteiger charge is 2.33. The molecule has 0 aromatic rings. The maximum atomic E-state index is 12.7. The number of aliphatic imine (C=N–C) groups is 1. The minimum atomic E-state index is -1.67. The second-order valence-corrected chi connectivity index (χ2v) is 8.47. The highest BCUT2D eigenvalue weighted by atomic mass is 16.4. The maximum absolute atomic E-state index is 12.7. The normalized spacial score (nSPS) is 15.1. The van der Waals surface area contributed by atoms with Gasteiger partial charge in [-0.05, 0) is 32.1 Å². The smallest absolute Gasteiger partial charge is 0.326 e. The van der Waals surface area contributed by atoms with Gasteiger partial charge in [-0.15, -0.1) is 0 Å². The Morgan fingerprint density at radius 2 is 1.46 bits per heavy atom. The molecule has 0 saturated heterocycles. The zero-order valence-electron chi connectivity index (χ0n) is 20.1. The predicted molar refractivity (Wildman–Crippen MR) is 125 cm³/mol. The minimum Gasteiger partial charge on any atom is -0.481 e. The summed E-state index contributed by atoms with van der Waals surface area (Å²) in [5.41, 5.74) is 16.2. The van der Waals surface area contributed by atoms with Crippen molar-refractivity contribution >= 4 is 35.6 Å². The zero-order chi connectivity index (χ0) is 27.3. The van der Waals surface area contributed by atoms with Crippen molar-refractivity contribution in [3.8, 4) is 0 Å². The molecular formula is C20H37N7O8. The number of carboxylic acids is 2. The fraction of sp³-hybridized carbons (Fsp3) is 0.700. The van der Waals surface area contributed by atoms with Crippen LogP contribution in [0.5, 0.6) is 0 Å². The first-order valence-electron chi connectivity index (χ1n) is 11.0. The van der Waals surface area contributed by atoms with Crippen LogP contribution in [0.4, 0.5) is 0 Å². The van der Waals surface area contributed by atoms with Crippen molar-refractivity contribution in [1.29, 1.82) is 0 Å². The molecule has 0 spiro atoms. The fourth-order valence-corrected chi connectivity index (χ4v) is 2.93. The van der Waals surface area contributed by atoms with Crippen LogP contribution in [0.15, 0.2) is 4.99 Å². The van der Waals surface area contributed by atoms with Crippen LogP contribution in [-0.2, 0) is 24.0 Å². The molecule has 0 heterocycles. The third kappa shape index (κ3) is 13.1. The summed E-state index contributed by atoms with van der Waals surface area (Å²) >= 11 is 0. The van der Waals surface area contributed by atoms with Crippen LogP contribution in [-0.4, -0.2) is 87.8 Å². The van der Waals surface area contributed by atoms with Gasteiger partial charge in [-0.25, -0.2) is 4.79 Å². The first-order valence-corrected chi connectivity index (χ1v) is 11.0. The number of carbonyl (C=O) groups excluding carboxylic acids is 3. The Hall–Kier alpha value is -3.46. The van der Waals surface area contributed by atoms with Crippen molar-refractivity contribution in [3.63, 3.8) is 0 Å². The van der Waals surface area contributed by atoms with Gasteiger partial charge in [-0.3, -0.25) is 24.2 Å². The van der Waals surface area contributed by atoms with Crippen LogP contribution in [0.25, 0.3) is 0 Å². The number of nitrogens with one attached hydrogen (secondary N) is 3. The number of hydrogen-bond donors (Lipinski definition) is 9. The topological polar surface area (TPSA) is 273 Å². The minimum absolute atomic E-state index is 0.0717. The van der Waals surface area contributed by atoms with Crippen LogP contribution >= 0.6 is 0 Å². The molecule has 0 aliphatic carbocycles. The Balaban J connectivity index is 5.34. The Labute approximate surface area is 202 Å². The number of amides is 3. The number of carbonyl (C=O) groups is 5. The van der Waals surface area contributed by atoms with E-state index in [4.69, 9.17) is 22.3 Å². The lowest BCUT2D eigenvalue weighted by atomic mass is 10.0. The molecule has 15 heteroatoms. The SMILES string of the molecule is CC(C)CC(NC(=O)C(CC(=O)O)NC(=O)C(NC(=O)C(N)CCCN=C(N)N)C(C)O)C(=O)O. The first-order chi connectivity index (χ1) is 16.1. The predicted octanol–water partition coefficient (Wildman–Crippen LogP) is -3.19. The average molecular weight is 504 g/mol. The van der Waals surface area contributed by atoms with Gasteiger partial charge in [-0.1, -0.05) is 13.8 Å². The standard InChI is InChI=1S/C20H37N7O8/c1-9(2)7-13(19(34)35)26-17(32)12(8-14(29)30)25-18(33)15(10(3)28)27-16(31)11(21)5-4-6-24-20(22)23/h9-13,15,28H,4-8,21H2,1-3H3,(H,25,33)(H,26,32)(H,27,31)(H,29,30)(H,34,35)(H4,22,23,24). The summed E-state index contributed by atoms with van der Waals surface area (Å²) in [5, 5.41) is 35.0. The van der Waals surface area contributed by atoms with Gasteiger partial charge in [0.15, 0.2) is 5.96 Å². The van der Waals surface area contributed by atoms with Gasteiger partial charge in [0.1, 0.15) is 18.1 Å². The quantitative estimate of drug-likeness (QED) is 0.0574. The average Bonchev–Trinajstić information content (AvgIpc) is 2.72. The monoisotopic (exact) mass is 503 g/mol. The van der Waals surface area contributed by atoms with E-state index in [1.807, 2.05) is 0 Å². The van der Waals surface area contributed by atoms with Crippen LogP contribution in [0.2, 0.25) is 0 Å². The lowest BCUT2D eigenvalue weighted by Gasteiger charge is -2.26.